The number of para-hydroxylation sites is 1. The fourth-order valence-corrected chi connectivity index (χ4v) is 1.92. The summed E-state index contributed by atoms with van der Waals surface area (Å²) in [4.78, 5) is 0. The molecular weight excluding hydrogens is 270 g/mol. The van der Waals surface area contributed by atoms with Gasteiger partial charge in [-0.25, -0.2) is 0 Å². The van der Waals surface area contributed by atoms with Crippen molar-refractivity contribution in [3.05, 3.63) is 41.2 Å². The van der Waals surface area contributed by atoms with E-state index in [2.05, 4.69) is 19.7 Å². The van der Waals surface area contributed by atoms with Crippen LogP contribution in [-0.4, -0.2) is 16.5 Å². The zero-order valence-corrected chi connectivity index (χ0v) is 10.7. The molecule has 0 amide bonds. The molecule has 0 saturated carbocycles. The number of hydrogen-bond donors (Lipinski definition) is 1. The highest BCUT2D eigenvalue weighted by Gasteiger charge is 2.44. The Morgan fingerprint density at radius 2 is 2.15 bits per heavy atom. The maximum absolute atomic E-state index is 13.0. The molecule has 0 saturated heterocycles. The van der Waals surface area contributed by atoms with Crippen molar-refractivity contribution in [3.63, 3.8) is 0 Å². The van der Waals surface area contributed by atoms with Crippen LogP contribution < -0.4 is 9.47 Å². The number of H-pyrrole nitrogens is 1. The molecule has 0 fully saturated rings. The zero-order valence-electron chi connectivity index (χ0n) is 10.7. The van der Waals surface area contributed by atoms with Gasteiger partial charge in [-0.3, -0.25) is 5.10 Å². The summed E-state index contributed by atoms with van der Waals surface area (Å²) in [7, 11) is 0. The lowest BCUT2D eigenvalue weighted by Gasteiger charge is -2.07. The Bertz CT molecular complexity index is 628. The second-order valence-electron chi connectivity index (χ2n) is 4.44. The number of aryl methyl sites for hydroxylation is 1. The van der Waals surface area contributed by atoms with Gasteiger partial charge in [-0.2, -0.15) is 5.10 Å². The number of rotatable bonds is 4. The van der Waals surface area contributed by atoms with Crippen LogP contribution in [0.3, 0.4) is 0 Å². The number of fused-ring (bicyclic) bond motifs is 1. The summed E-state index contributed by atoms with van der Waals surface area (Å²) in [5, 5.41) is 6.68. The Balaban J connectivity index is 1.68. The molecule has 106 valence electrons. The molecule has 0 atom stereocenters. The molecule has 1 aliphatic rings. The maximum Gasteiger partial charge on any atom is 0.586 e. The molecule has 0 aliphatic carbocycles. The van der Waals surface area contributed by atoms with Crippen LogP contribution >= 0.6 is 0 Å². The van der Waals surface area contributed by atoms with Crippen LogP contribution in [-0.2, 0) is 18.0 Å². The van der Waals surface area contributed by atoms with Gasteiger partial charge < -0.3 is 14.2 Å². The van der Waals surface area contributed by atoms with Crippen molar-refractivity contribution in [2.45, 2.75) is 26.4 Å². The first-order valence-electron chi connectivity index (χ1n) is 5.99. The van der Waals surface area contributed by atoms with Gasteiger partial charge in [0.2, 0.25) is 0 Å². The minimum Gasteiger partial charge on any atom is -0.395 e. The average Bonchev–Trinajstić information content (AvgIpc) is 2.92. The number of nitrogens with zero attached hydrogens (tertiary/aromatic N) is 1. The molecule has 2 heterocycles. The van der Waals surface area contributed by atoms with E-state index < -0.39 is 6.29 Å². The summed E-state index contributed by atoms with van der Waals surface area (Å²) in [6.07, 6.45) is -1.92. The van der Waals surface area contributed by atoms with Crippen LogP contribution in [0.5, 0.6) is 11.5 Å². The first-order chi connectivity index (χ1) is 9.55. The van der Waals surface area contributed by atoms with Gasteiger partial charge in [-0.1, -0.05) is 12.1 Å². The summed E-state index contributed by atoms with van der Waals surface area (Å²) in [6.45, 7) is 2.35. The molecule has 7 heteroatoms. The first-order valence-corrected chi connectivity index (χ1v) is 5.99. The Morgan fingerprint density at radius 3 is 2.90 bits per heavy atom. The molecular formula is C13H12F2N2O3. The second-order valence-corrected chi connectivity index (χ2v) is 4.44. The van der Waals surface area contributed by atoms with Crippen molar-refractivity contribution in [2.75, 3.05) is 0 Å². The number of ether oxygens (including phenoxy) is 3. The van der Waals surface area contributed by atoms with Crippen molar-refractivity contribution in [3.8, 4) is 11.5 Å². The minimum absolute atomic E-state index is 0.0221. The summed E-state index contributed by atoms with van der Waals surface area (Å²) >= 11 is 0. The lowest BCUT2D eigenvalue weighted by atomic mass is 10.2. The number of benzene rings is 1. The van der Waals surface area contributed by atoms with Crippen molar-refractivity contribution >= 4 is 0 Å². The highest BCUT2D eigenvalue weighted by atomic mass is 19.3. The van der Waals surface area contributed by atoms with E-state index in [1.54, 1.807) is 18.3 Å². The van der Waals surface area contributed by atoms with E-state index in [0.29, 0.717) is 12.2 Å². The SMILES string of the molecule is Cc1cn[nH]c1COCc1cccc2c1OC(F)(F)O2. The number of hydrogen-bond acceptors (Lipinski definition) is 4. The zero-order chi connectivity index (χ0) is 14.2. The van der Waals surface area contributed by atoms with Crippen molar-refractivity contribution in [2.24, 2.45) is 0 Å². The number of nitrogens with one attached hydrogen (secondary N) is 1. The molecule has 20 heavy (non-hydrogen) atoms. The number of halogens is 2. The van der Waals surface area contributed by atoms with Gasteiger partial charge in [-0.15, -0.1) is 8.78 Å². The average molecular weight is 282 g/mol. The van der Waals surface area contributed by atoms with E-state index in [1.165, 1.54) is 6.07 Å². The molecule has 0 radical (unpaired) electrons. The molecule has 2 aromatic rings. The Labute approximate surface area is 113 Å². The minimum atomic E-state index is -3.61. The van der Waals surface area contributed by atoms with Gasteiger partial charge in [0.15, 0.2) is 11.5 Å². The number of alkyl halides is 2. The van der Waals surface area contributed by atoms with E-state index >= 15 is 0 Å². The maximum atomic E-state index is 13.0. The fourth-order valence-electron chi connectivity index (χ4n) is 1.92. The van der Waals surface area contributed by atoms with E-state index in [0.717, 1.165) is 11.3 Å². The summed E-state index contributed by atoms with van der Waals surface area (Å²) in [6, 6.07) is 4.70. The number of aromatic nitrogens is 2. The Kier molecular flexibility index (Phi) is 3.06. The van der Waals surface area contributed by atoms with Gasteiger partial charge in [0.1, 0.15) is 0 Å². The highest BCUT2D eigenvalue weighted by molar-refractivity contribution is 5.48. The standard InChI is InChI=1S/C13H12F2N2O3/c1-8-5-16-17-10(8)7-18-6-9-3-2-4-11-12(9)20-13(14,15)19-11/h2-5H,6-7H2,1H3,(H,16,17). The molecule has 0 bridgehead atoms. The van der Waals surface area contributed by atoms with E-state index in [9.17, 15) is 8.78 Å². The summed E-state index contributed by atoms with van der Waals surface area (Å²) in [5.74, 6) is 0.0488. The summed E-state index contributed by atoms with van der Waals surface area (Å²) < 4.78 is 40.4. The van der Waals surface area contributed by atoms with Crippen LogP contribution in [0.25, 0.3) is 0 Å². The quantitative estimate of drug-likeness (QED) is 0.936. The predicted octanol–water partition coefficient (Wildman–Crippen LogP) is 2.76. The topological polar surface area (TPSA) is 56.4 Å². The van der Waals surface area contributed by atoms with E-state index in [1.807, 2.05) is 6.92 Å². The van der Waals surface area contributed by atoms with Crippen molar-refractivity contribution < 1.29 is 23.0 Å². The van der Waals surface area contributed by atoms with Gasteiger partial charge in [0.25, 0.3) is 0 Å². The second kappa shape index (κ2) is 4.75. The summed E-state index contributed by atoms with van der Waals surface area (Å²) in [5.41, 5.74) is 2.34. The lowest BCUT2D eigenvalue weighted by Crippen LogP contribution is -2.26. The van der Waals surface area contributed by atoms with Gasteiger partial charge in [0.05, 0.1) is 25.1 Å². The fraction of sp³-hybridized carbons (Fsp3) is 0.308. The molecule has 1 aliphatic heterocycles. The van der Waals surface area contributed by atoms with Crippen LogP contribution in [0, 0.1) is 6.92 Å². The van der Waals surface area contributed by atoms with Crippen LogP contribution in [0.15, 0.2) is 24.4 Å². The van der Waals surface area contributed by atoms with Gasteiger partial charge in [0, 0.05) is 5.56 Å². The van der Waals surface area contributed by atoms with Crippen molar-refractivity contribution in [1.82, 2.24) is 10.2 Å². The molecule has 1 N–H and O–H groups in total. The van der Waals surface area contributed by atoms with E-state index in [4.69, 9.17) is 4.74 Å². The highest BCUT2D eigenvalue weighted by Crippen LogP contribution is 2.43. The van der Waals surface area contributed by atoms with Crippen LogP contribution in [0.4, 0.5) is 8.78 Å². The molecule has 3 rings (SSSR count). The third-order valence-corrected chi connectivity index (χ3v) is 2.95. The number of aromatic amines is 1. The van der Waals surface area contributed by atoms with Crippen molar-refractivity contribution in [1.29, 1.82) is 0 Å². The van der Waals surface area contributed by atoms with Crippen LogP contribution in [0.1, 0.15) is 16.8 Å². The molecule has 0 unspecified atom stereocenters. The van der Waals surface area contributed by atoms with Gasteiger partial charge in [-0.05, 0) is 18.6 Å². The smallest absolute Gasteiger partial charge is 0.395 e. The largest absolute Gasteiger partial charge is 0.586 e. The normalized spacial score (nSPS) is 15.6. The third-order valence-electron chi connectivity index (χ3n) is 2.95. The molecule has 5 nitrogen and oxygen atoms in total. The predicted molar refractivity (Wildman–Crippen MR) is 64.5 cm³/mol. The van der Waals surface area contributed by atoms with Crippen LogP contribution in [0.2, 0.25) is 0 Å². The third kappa shape index (κ3) is 2.44. The van der Waals surface area contributed by atoms with E-state index in [-0.39, 0.29) is 18.1 Å². The Morgan fingerprint density at radius 1 is 1.30 bits per heavy atom. The first kappa shape index (κ1) is 12.9. The molecule has 0 spiro atoms. The monoisotopic (exact) mass is 282 g/mol. The molecule has 1 aromatic heterocycles. The lowest BCUT2D eigenvalue weighted by molar-refractivity contribution is -0.287. The molecule has 1 aromatic carbocycles. The Hall–Kier alpha value is -2.15. The van der Waals surface area contributed by atoms with Gasteiger partial charge >= 0.3 is 6.29 Å².